The molecule has 0 atom stereocenters. The van der Waals surface area contributed by atoms with Crippen molar-refractivity contribution in [3.8, 4) is 0 Å². The molecule has 6 heteroatoms. The SMILES string of the molecule is CC(=O)N1CCC(C(=O)NCc2cccnc2N(C)C2CCCCC2)CC1. The topological polar surface area (TPSA) is 65.5 Å². The number of piperidine rings is 1. The minimum atomic E-state index is -0.00297. The normalized spacial score (nSPS) is 19.0. The minimum absolute atomic E-state index is 0.00297. The molecule has 27 heavy (non-hydrogen) atoms. The number of rotatable bonds is 5. The predicted molar refractivity (Wildman–Crippen MR) is 106 cm³/mol. The van der Waals surface area contributed by atoms with Crippen molar-refractivity contribution in [1.29, 1.82) is 0 Å². The lowest BCUT2D eigenvalue weighted by molar-refractivity contribution is -0.134. The van der Waals surface area contributed by atoms with Crippen molar-refractivity contribution < 1.29 is 9.59 Å². The van der Waals surface area contributed by atoms with E-state index in [1.54, 1.807) is 6.92 Å². The van der Waals surface area contributed by atoms with Gasteiger partial charge in [-0.05, 0) is 31.7 Å². The first-order valence-corrected chi connectivity index (χ1v) is 10.3. The number of aromatic nitrogens is 1. The third-order valence-electron chi connectivity index (χ3n) is 6.09. The number of hydrogen-bond acceptors (Lipinski definition) is 4. The van der Waals surface area contributed by atoms with Crippen LogP contribution >= 0.6 is 0 Å². The number of pyridine rings is 1. The van der Waals surface area contributed by atoms with E-state index in [2.05, 4.69) is 28.3 Å². The quantitative estimate of drug-likeness (QED) is 0.863. The Labute approximate surface area is 162 Å². The van der Waals surface area contributed by atoms with E-state index < -0.39 is 0 Å². The summed E-state index contributed by atoms with van der Waals surface area (Å²) >= 11 is 0. The molecule has 0 radical (unpaired) electrons. The molecule has 2 fully saturated rings. The maximum absolute atomic E-state index is 12.6. The van der Waals surface area contributed by atoms with Crippen LogP contribution in [-0.2, 0) is 16.1 Å². The highest BCUT2D eigenvalue weighted by molar-refractivity contribution is 5.79. The van der Waals surface area contributed by atoms with Crippen LogP contribution in [0.2, 0.25) is 0 Å². The summed E-state index contributed by atoms with van der Waals surface area (Å²) in [5, 5.41) is 3.10. The van der Waals surface area contributed by atoms with Gasteiger partial charge in [-0.2, -0.15) is 0 Å². The molecule has 0 unspecified atom stereocenters. The molecule has 1 N–H and O–H groups in total. The van der Waals surface area contributed by atoms with Crippen LogP contribution in [0.15, 0.2) is 18.3 Å². The molecular weight excluding hydrogens is 340 g/mol. The second-order valence-electron chi connectivity index (χ2n) is 7.89. The second kappa shape index (κ2) is 9.20. The third kappa shape index (κ3) is 4.99. The van der Waals surface area contributed by atoms with Crippen molar-refractivity contribution in [3.63, 3.8) is 0 Å². The molecule has 1 aliphatic heterocycles. The van der Waals surface area contributed by atoms with Crippen LogP contribution < -0.4 is 10.2 Å². The summed E-state index contributed by atoms with van der Waals surface area (Å²) in [6, 6.07) is 4.53. The van der Waals surface area contributed by atoms with Gasteiger partial charge in [0.1, 0.15) is 5.82 Å². The molecule has 1 saturated carbocycles. The molecule has 0 aromatic carbocycles. The molecule has 3 rings (SSSR count). The molecule has 1 aliphatic carbocycles. The first-order chi connectivity index (χ1) is 13.1. The Kier molecular flexibility index (Phi) is 6.69. The van der Waals surface area contributed by atoms with Crippen molar-refractivity contribution in [2.75, 3.05) is 25.0 Å². The van der Waals surface area contributed by atoms with Gasteiger partial charge in [0, 0.05) is 57.3 Å². The molecule has 148 valence electrons. The van der Waals surface area contributed by atoms with E-state index in [0.29, 0.717) is 25.7 Å². The maximum Gasteiger partial charge on any atom is 0.223 e. The Balaban J connectivity index is 1.56. The standard InChI is InChI=1S/C21H32N4O2/c1-16(26)25-13-10-17(11-14-25)21(27)23-15-18-7-6-12-22-20(18)24(2)19-8-4-3-5-9-19/h6-7,12,17,19H,3-5,8-11,13-15H2,1-2H3,(H,23,27). The first kappa shape index (κ1) is 19.6. The highest BCUT2D eigenvalue weighted by atomic mass is 16.2. The Morgan fingerprint density at radius 2 is 1.89 bits per heavy atom. The molecule has 6 nitrogen and oxygen atoms in total. The lowest BCUT2D eigenvalue weighted by Crippen LogP contribution is -2.42. The van der Waals surface area contributed by atoms with Gasteiger partial charge in [0.05, 0.1) is 0 Å². The van der Waals surface area contributed by atoms with E-state index in [0.717, 1.165) is 24.2 Å². The van der Waals surface area contributed by atoms with E-state index in [1.165, 1.54) is 32.1 Å². The van der Waals surface area contributed by atoms with Crippen LogP contribution in [0.25, 0.3) is 0 Å². The Hall–Kier alpha value is -2.11. The summed E-state index contributed by atoms with van der Waals surface area (Å²) < 4.78 is 0. The summed E-state index contributed by atoms with van der Waals surface area (Å²) in [4.78, 5) is 32.7. The zero-order valence-corrected chi connectivity index (χ0v) is 16.6. The van der Waals surface area contributed by atoms with E-state index in [1.807, 2.05) is 17.2 Å². The van der Waals surface area contributed by atoms with Crippen LogP contribution in [0.3, 0.4) is 0 Å². The maximum atomic E-state index is 12.6. The second-order valence-corrected chi connectivity index (χ2v) is 7.89. The molecule has 2 amide bonds. The fourth-order valence-electron chi connectivity index (χ4n) is 4.31. The van der Waals surface area contributed by atoms with E-state index in [9.17, 15) is 9.59 Å². The fourth-order valence-corrected chi connectivity index (χ4v) is 4.31. The molecule has 1 aromatic heterocycles. The average molecular weight is 373 g/mol. The Morgan fingerprint density at radius 1 is 1.19 bits per heavy atom. The number of carbonyl (C=O) groups excluding carboxylic acids is 2. The molecular formula is C21H32N4O2. The Morgan fingerprint density at radius 3 is 2.56 bits per heavy atom. The molecule has 0 bridgehead atoms. The lowest BCUT2D eigenvalue weighted by Gasteiger charge is -2.33. The Bertz CT molecular complexity index is 649. The number of hydrogen-bond donors (Lipinski definition) is 1. The van der Waals surface area contributed by atoms with Crippen molar-refractivity contribution in [2.45, 2.75) is 64.5 Å². The highest BCUT2D eigenvalue weighted by Gasteiger charge is 2.26. The van der Waals surface area contributed by atoms with Crippen molar-refractivity contribution in [3.05, 3.63) is 23.9 Å². The highest BCUT2D eigenvalue weighted by Crippen LogP contribution is 2.27. The van der Waals surface area contributed by atoms with Gasteiger partial charge in [-0.25, -0.2) is 4.98 Å². The van der Waals surface area contributed by atoms with Gasteiger partial charge in [-0.15, -0.1) is 0 Å². The van der Waals surface area contributed by atoms with E-state index >= 15 is 0 Å². The van der Waals surface area contributed by atoms with Gasteiger partial charge < -0.3 is 15.1 Å². The van der Waals surface area contributed by atoms with Crippen molar-refractivity contribution >= 4 is 17.6 Å². The molecule has 1 aromatic rings. The first-order valence-electron chi connectivity index (χ1n) is 10.3. The van der Waals surface area contributed by atoms with Crippen LogP contribution in [0.4, 0.5) is 5.82 Å². The predicted octanol–water partition coefficient (Wildman–Crippen LogP) is 2.73. The number of amides is 2. The van der Waals surface area contributed by atoms with Crippen molar-refractivity contribution in [2.24, 2.45) is 5.92 Å². The van der Waals surface area contributed by atoms with Crippen LogP contribution in [0, 0.1) is 5.92 Å². The number of carbonyl (C=O) groups is 2. The summed E-state index contributed by atoms with van der Waals surface area (Å²) in [7, 11) is 2.13. The smallest absolute Gasteiger partial charge is 0.223 e. The van der Waals surface area contributed by atoms with Gasteiger partial charge in [0.25, 0.3) is 0 Å². The monoisotopic (exact) mass is 372 g/mol. The molecule has 1 saturated heterocycles. The van der Waals surface area contributed by atoms with Gasteiger partial charge in [-0.3, -0.25) is 9.59 Å². The average Bonchev–Trinajstić information content (AvgIpc) is 2.72. The zero-order valence-electron chi connectivity index (χ0n) is 16.6. The largest absolute Gasteiger partial charge is 0.356 e. The van der Waals surface area contributed by atoms with Gasteiger partial charge in [0.2, 0.25) is 11.8 Å². The lowest BCUT2D eigenvalue weighted by atomic mass is 9.94. The van der Waals surface area contributed by atoms with E-state index in [-0.39, 0.29) is 17.7 Å². The number of nitrogens with zero attached hydrogens (tertiary/aromatic N) is 3. The van der Waals surface area contributed by atoms with Crippen LogP contribution in [-0.4, -0.2) is 47.9 Å². The fraction of sp³-hybridized carbons (Fsp3) is 0.667. The summed E-state index contributed by atoms with van der Waals surface area (Å²) in [6.45, 7) is 3.45. The summed E-state index contributed by atoms with van der Waals surface area (Å²) in [6.07, 6.45) is 9.65. The van der Waals surface area contributed by atoms with Crippen LogP contribution in [0.5, 0.6) is 0 Å². The van der Waals surface area contributed by atoms with Gasteiger partial charge in [-0.1, -0.05) is 25.3 Å². The minimum Gasteiger partial charge on any atom is -0.356 e. The summed E-state index contributed by atoms with van der Waals surface area (Å²) in [5.41, 5.74) is 1.07. The molecule has 2 aliphatic rings. The van der Waals surface area contributed by atoms with Gasteiger partial charge >= 0.3 is 0 Å². The number of nitrogens with one attached hydrogen (secondary N) is 1. The zero-order chi connectivity index (χ0) is 19.2. The van der Waals surface area contributed by atoms with Crippen molar-refractivity contribution in [1.82, 2.24) is 15.2 Å². The molecule has 0 spiro atoms. The van der Waals surface area contributed by atoms with E-state index in [4.69, 9.17) is 0 Å². The number of likely N-dealkylation sites (tertiary alicyclic amines) is 1. The molecule has 2 heterocycles. The summed E-state index contributed by atoms with van der Waals surface area (Å²) in [5.74, 6) is 1.17. The van der Waals surface area contributed by atoms with Gasteiger partial charge in [0.15, 0.2) is 0 Å². The third-order valence-corrected chi connectivity index (χ3v) is 6.09. The van der Waals surface area contributed by atoms with Crippen LogP contribution in [0.1, 0.15) is 57.4 Å². The number of anilines is 1.